The van der Waals surface area contributed by atoms with Crippen molar-refractivity contribution >= 4 is 15.8 Å². The van der Waals surface area contributed by atoms with Gasteiger partial charge >= 0.3 is 5.97 Å². The van der Waals surface area contributed by atoms with Crippen molar-refractivity contribution in [1.29, 1.82) is 0 Å². The molecule has 23 heavy (non-hydrogen) atoms. The van der Waals surface area contributed by atoms with Crippen LogP contribution in [0.15, 0.2) is 53.4 Å². The normalized spacial score (nSPS) is 12.8. The second-order valence-corrected chi connectivity index (χ2v) is 7.66. The van der Waals surface area contributed by atoms with Crippen molar-refractivity contribution in [3.8, 4) is 11.1 Å². The van der Waals surface area contributed by atoms with E-state index in [1.165, 1.54) is 6.26 Å². The summed E-state index contributed by atoms with van der Waals surface area (Å²) < 4.78 is 23.0. The van der Waals surface area contributed by atoms with Crippen molar-refractivity contribution in [2.75, 3.05) is 6.26 Å². The summed E-state index contributed by atoms with van der Waals surface area (Å²) in [7, 11) is -3.20. The molecule has 2 aromatic rings. The predicted octanol–water partition coefficient (Wildman–Crippen LogP) is 3.41. The monoisotopic (exact) mass is 332 g/mol. The fourth-order valence-electron chi connectivity index (χ4n) is 2.46. The van der Waals surface area contributed by atoms with Crippen LogP contribution in [0.1, 0.15) is 18.9 Å². The van der Waals surface area contributed by atoms with Crippen LogP contribution in [0.2, 0.25) is 0 Å². The Balaban J connectivity index is 2.27. The summed E-state index contributed by atoms with van der Waals surface area (Å²) in [4.78, 5) is 11.5. The van der Waals surface area contributed by atoms with Gasteiger partial charge < -0.3 is 5.11 Å². The van der Waals surface area contributed by atoms with Gasteiger partial charge in [-0.3, -0.25) is 4.79 Å². The lowest BCUT2D eigenvalue weighted by Gasteiger charge is -2.11. The third-order valence-electron chi connectivity index (χ3n) is 3.87. The van der Waals surface area contributed by atoms with Crippen LogP contribution in [0.25, 0.3) is 11.1 Å². The lowest BCUT2D eigenvalue weighted by atomic mass is 9.94. The van der Waals surface area contributed by atoms with E-state index in [9.17, 15) is 18.3 Å². The molecule has 0 spiro atoms. The van der Waals surface area contributed by atoms with Gasteiger partial charge in [0.05, 0.1) is 10.8 Å². The zero-order valence-corrected chi connectivity index (χ0v) is 14.0. The van der Waals surface area contributed by atoms with Gasteiger partial charge in [0.1, 0.15) is 0 Å². The molecule has 1 N–H and O–H groups in total. The van der Waals surface area contributed by atoms with Crippen LogP contribution in [0.4, 0.5) is 0 Å². The molecule has 0 aliphatic carbocycles. The summed E-state index contributed by atoms with van der Waals surface area (Å²) >= 11 is 0. The summed E-state index contributed by atoms with van der Waals surface area (Å²) in [5.41, 5.74) is 2.81. The summed E-state index contributed by atoms with van der Waals surface area (Å²) in [6.45, 7) is 1.87. The van der Waals surface area contributed by atoms with Crippen molar-refractivity contribution in [2.24, 2.45) is 5.92 Å². The second-order valence-electron chi connectivity index (χ2n) is 5.64. The highest BCUT2D eigenvalue weighted by Gasteiger charge is 2.15. The molecule has 4 nitrogen and oxygen atoms in total. The first kappa shape index (κ1) is 17.2. The van der Waals surface area contributed by atoms with E-state index in [0.29, 0.717) is 12.8 Å². The minimum Gasteiger partial charge on any atom is -0.481 e. The number of aliphatic carboxylic acids is 1. The Labute approximate surface area is 136 Å². The van der Waals surface area contributed by atoms with Gasteiger partial charge in [-0.1, -0.05) is 43.3 Å². The maximum Gasteiger partial charge on any atom is 0.306 e. The molecule has 0 saturated heterocycles. The van der Waals surface area contributed by atoms with Crippen LogP contribution in [0.3, 0.4) is 0 Å². The molecule has 2 aromatic carbocycles. The molecule has 0 radical (unpaired) electrons. The van der Waals surface area contributed by atoms with E-state index in [-0.39, 0.29) is 4.90 Å². The van der Waals surface area contributed by atoms with Gasteiger partial charge in [0.25, 0.3) is 0 Å². The molecular weight excluding hydrogens is 312 g/mol. The molecule has 0 aliphatic heterocycles. The zero-order valence-electron chi connectivity index (χ0n) is 13.2. The minimum absolute atomic E-state index is 0.286. The van der Waals surface area contributed by atoms with E-state index in [2.05, 4.69) is 0 Å². The van der Waals surface area contributed by atoms with E-state index >= 15 is 0 Å². The highest BCUT2D eigenvalue weighted by Crippen LogP contribution is 2.24. The Kier molecular flexibility index (Phi) is 5.21. The number of benzene rings is 2. The van der Waals surface area contributed by atoms with Crippen molar-refractivity contribution < 1.29 is 18.3 Å². The maximum absolute atomic E-state index is 11.5. The number of hydrogen-bond donors (Lipinski definition) is 1. The Hall–Kier alpha value is -2.14. The number of carboxylic acid groups (broad SMARTS) is 1. The standard InChI is InChI=1S/C18H20O4S/c1-3-14(18(19)20)11-13-5-4-6-16(12-13)15-7-9-17(10-8-15)23(2,21)22/h4-10,12,14H,3,11H2,1-2H3,(H,19,20). The SMILES string of the molecule is CCC(Cc1cccc(-c2ccc(S(C)(=O)=O)cc2)c1)C(=O)O. The number of hydrogen-bond acceptors (Lipinski definition) is 3. The van der Waals surface area contributed by atoms with E-state index in [0.717, 1.165) is 16.7 Å². The molecule has 0 aromatic heterocycles. The fourth-order valence-corrected chi connectivity index (χ4v) is 3.09. The molecule has 1 atom stereocenters. The average Bonchev–Trinajstić information content (AvgIpc) is 2.52. The van der Waals surface area contributed by atoms with Gasteiger partial charge in [-0.25, -0.2) is 8.42 Å². The second kappa shape index (κ2) is 6.96. The molecule has 0 heterocycles. The average molecular weight is 332 g/mol. The van der Waals surface area contributed by atoms with Crippen molar-refractivity contribution in [2.45, 2.75) is 24.7 Å². The largest absolute Gasteiger partial charge is 0.481 e. The molecule has 5 heteroatoms. The Morgan fingerprint density at radius 2 is 1.74 bits per heavy atom. The smallest absolute Gasteiger partial charge is 0.306 e. The van der Waals surface area contributed by atoms with E-state index in [1.807, 2.05) is 31.2 Å². The van der Waals surface area contributed by atoms with Crippen molar-refractivity contribution in [3.63, 3.8) is 0 Å². The van der Waals surface area contributed by atoms with Crippen molar-refractivity contribution in [3.05, 3.63) is 54.1 Å². The first-order valence-electron chi connectivity index (χ1n) is 7.43. The van der Waals surface area contributed by atoms with Gasteiger partial charge in [0.2, 0.25) is 0 Å². The number of carbonyl (C=O) groups is 1. The highest BCUT2D eigenvalue weighted by atomic mass is 32.2. The van der Waals surface area contributed by atoms with Crippen LogP contribution >= 0.6 is 0 Å². The van der Waals surface area contributed by atoms with Crippen LogP contribution in [-0.2, 0) is 21.1 Å². The van der Waals surface area contributed by atoms with E-state index < -0.39 is 21.7 Å². The summed E-state index contributed by atoms with van der Waals surface area (Å²) in [5.74, 6) is -1.17. The van der Waals surface area contributed by atoms with Gasteiger partial charge in [-0.05, 0) is 41.7 Å². The van der Waals surface area contributed by atoms with E-state index in [1.54, 1.807) is 24.3 Å². The van der Waals surface area contributed by atoms with Gasteiger partial charge in [0, 0.05) is 6.26 Å². The number of rotatable bonds is 6. The molecule has 122 valence electrons. The van der Waals surface area contributed by atoms with Crippen molar-refractivity contribution in [1.82, 2.24) is 0 Å². The first-order valence-corrected chi connectivity index (χ1v) is 9.32. The third kappa shape index (κ3) is 4.42. The molecule has 0 aliphatic rings. The number of carboxylic acids is 1. The summed E-state index contributed by atoms with van der Waals surface area (Å²) in [5, 5.41) is 9.17. The lowest BCUT2D eigenvalue weighted by molar-refractivity contribution is -0.141. The van der Waals surface area contributed by atoms with Gasteiger partial charge in [-0.15, -0.1) is 0 Å². The predicted molar refractivity (Wildman–Crippen MR) is 90.1 cm³/mol. The van der Waals surface area contributed by atoms with Crippen LogP contribution in [-0.4, -0.2) is 25.7 Å². The van der Waals surface area contributed by atoms with E-state index in [4.69, 9.17) is 0 Å². The molecule has 0 bridgehead atoms. The molecule has 0 amide bonds. The van der Waals surface area contributed by atoms with Crippen LogP contribution in [0.5, 0.6) is 0 Å². The Bertz CT molecular complexity index is 792. The fraction of sp³-hybridized carbons (Fsp3) is 0.278. The first-order chi connectivity index (χ1) is 10.8. The quantitative estimate of drug-likeness (QED) is 0.880. The maximum atomic E-state index is 11.5. The van der Waals surface area contributed by atoms with Gasteiger partial charge in [-0.2, -0.15) is 0 Å². The third-order valence-corrected chi connectivity index (χ3v) is 5.00. The highest BCUT2D eigenvalue weighted by molar-refractivity contribution is 7.90. The Morgan fingerprint density at radius 3 is 2.26 bits per heavy atom. The Morgan fingerprint density at radius 1 is 1.09 bits per heavy atom. The molecule has 2 rings (SSSR count). The van der Waals surface area contributed by atoms with Gasteiger partial charge in [0.15, 0.2) is 9.84 Å². The van der Waals surface area contributed by atoms with Crippen LogP contribution in [0, 0.1) is 5.92 Å². The molecule has 1 unspecified atom stereocenters. The number of sulfone groups is 1. The minimum atomic E-state index is -3.20. The molecule has 0 fully saturated rings. The molecular formula is C18H20O4S. The summed E-state index contributed by atoms with van der Waals surface area (Å²) in [6, 6.07) is 14.4. The lowest BCUT2D eigenvalue weighted by Crippen LogP contribution is -2.15. The topological polar surface area (TPSA) is 71.4 Å². The molecule has 0 saturated carbocycles. The summed E-state index contributed by atoms with van der Waals surface area (Å²) in [6.07, 6.45) is 2.25. The van der Waals surface area contributed by atoms with Crippen LogP contribution < -0.4 is 0 Å². The zero-order chi connectivity index (χ0) is 17.0.